The maximum Gasteiger partial charge on any atom is 0.142 e. The summed E-state index contributed by atoms with van der Waals surface area (Å²) in [4.78, 5) is 0. The number of ether oxygens (including phenoxy) is 2. The number of benzene rings is 4. The Morgan fingerprint density at radius 3 is 1.82 bits per heavy atom. The van der Waals surface area contributed by atoms with E-state index in [-0.39, 0.29) is 5.92 Å². The number of rotatable bonds is 7. The van der Waals surface area contributed by atoms with E-state index in [1.807, 2.05) is 78.9 Å². The van der Waals surface area contributed by atoms with Gasteiger partial charge in [0.05, 0.1) is 25.6 Å². The number of methoxy groups -OCH3 is 2. The van der Waals surface area contributed by atoms with Gasteiger partial charge in [0.15, 0.2) is 0 Å². The van der Waals surface area contributed by atoms with E-state index in [1.165, 1.54) is 0 Å². The predicted octanol–water partition coefficient (Wildman–Crippen LogP) is 5.13. The smallest absolute Gasteiger partial charge is 0.142 e. The van der Waals surface area contributed by atoms with Gasteiger partial charge in [-0.2, -0.15) is 0 Å². The lowest BCUT2D eigenvalue weighted by Gasteiger charge is -2.24. The van der Waals surface area contributed by atoms with Crippen LogP contribution < -0.4 is 20.9 Å². The fourth-order valence-corrected chi connectivity index (χ4v) is 4.18. The average molecular weight is 441 g/mol. The minimum absolute atomic E-state index is 0.156. The largest absolute Gasteiger partial charge is 0.495 e. The summed E-state index contributed by atoms with van der Waals surface area (Å²) in [5, 5.41) is 11.2. The standard InChI is InChI=1S/C28H28N2O3/c1-32-24-16-20(13-14-23(24)29)26(18-9-5-3-6-10-18)21-15-22(27(30)25(17-21)33-2)28(31)19-11-7-4-8-12-19/h3-17,26,28,31H,29-30H2,1-2H3. The van der Waals surface area contributed by atoms with Crippen molar-refractivity contribution in [1.29, 1.82) is 0 Å². The highest BCUT2D eigenvalue weighted by atomic mass is 16.5. The van der Waals surface area contributed by atoms with Crippen molar-refractivity contribution < 1.29 is 14.6 Å². The Balaban J connectivity index is 1.92. The molecule has 5 N–H and O–H groups in total. The average Bonchev–Trinajstić information content (AvgIpc) is 2.86. The molecule has 5 heteroatoms. The molecule has 4 aromatic rings. The van der Waals surface area contributed by atoms with E-state index in [9.17, 15) is 5.11 Å². The summed E-state index contributed by atoms with van der Waals surface area (Å²) in [5.74, 6) is 0.970. The molecule has 0 bridgehead atoms. The number of nitrogen functional groups attached to an aromatic ring is 2. The zero-order valence-corrected chi connectivity index (χ0v) is 18.7. The second-order valence-electron chi connectivity index (χ2n) is 7.88. The molecule has 4 rings (SSSR count). The van der Waals surface area contributed by atoms with Gasteiger partial charge < -0.3 is 26.0 Å². The molecule has 0 radical (unpaired) electrons. The van der Waals surface area contributed by atoms with Crippen molar-refractivity contribution in [1.82, 2.24) is 0 Å². The normalized spacial score (nSPS) is 12.7. The van der Waals surface area contributed by atoms with Crippen molar-refractivity contribution in [3.8, 4) is 11.5 Å². The van der Waals surface area contributed by atoms with Crippen molar-refractivity contribution in [2.75, 3.05) is 25.7 Å². The molecule has 0 aromatic heterocycles. The lowest BCUT2D eigenvalue weighted by atomic mass is 9.83. The molecule has 5 nitrogen and oxygen atoms in total. The highest BCUT2D eigenvalue weighted by molar-refractivity contribution is 5.65. The molecular formula is C28H28N2O3. The van der Waals surface area contributed by atoms with Crippen molar-refractivity contribution in [3.05, 3.63) is 119 Å². The lowest BCUT2D eigenvalue weighted by Crippen LogP contribution is -2.10. The zero-order chi connectivity index (χ0) is 23.4. The Kier molecular flexibility index (Phi) is 6.52. The maximum atomic E-state index is 11.2. The minimum atomic E-state index is -0.891. The summed E-state index contributed by atoms with van der Waals surface area (Å²) in [6, 6.07) is 29.3. The van der Waals surface area contributed by atoms with Crippen LogP contribution in [0, 0.1) is 0 Å². The fourth-order valence-electron chi connectivity index (χ4n) is 4.18. The Bertz CT molecular complexity index is 1230. The van der Waals surface area contributed by atoms with Gasteiger partial charge in [-0.15, -0.1) is 0 Å². The van der Waals surface area contributed by atoms with E-state index < -0.39 is 6.10 Å². The summed E-state index contributed by atoms with van der Waals surface area (Å²) in [6.45, 7) is 0. The Labute approximate surface area is 194 Å². The van der Waals surface area contributed by atoms with Gasteiger partial charge in [-0.05, 0) is 46.5 Å². The summed E-state index contributed by atoms with van der Waals surface area (Å²) in [5.41, 5.74) is 17.9. The molecular weight excluding hydrogens is 412 g/mol. The van der Waals surface area contributed by atoms with E-state index in [0.29, 0.717) is 28.4 Å². The van der Waals surface area contributed by atoms with Crippen LogP contribution in [0.1, 0.15) is 39.8 Å². The van der Waals surface area contributed by atoms with Crippen LogP contribution in [0.2, 0.25) is 0 Å². The Morgan fingerprint density at radius 1 is 0.636 bits per heavy atom. The molecule has 0 aliphatic carbocycles. The first-order valence-corrected chi connectivity index (χ1v) is 10.7. The first-order chi connectivity index (χ1) is 16.0. The first kappa shape index (κ1) is 22.2. The summed E-state index contributed by atoms with van der Waals surface area (Å²) in [6.07, 6.45) is -0.891. The van der Waals surface area contributed by atoms with Gasteiger partial charge in [0.1, 0.15) is 17.6 Å². The zero-order valence-electron chi connectivity index (χ0n) is 18.7. The fraction of sp³-hybridized carbons (Fsp3) is 0.143. The van der Waals surface area contributed by atoms with Crippen molar-refractivity contribution in [2.24, 2.45) is 0 Å². The minimum Gasteiger partial charge on any atom is -0.495 e. The van der Waals surface area contributed by atoms with Gasteiger partial charge in [-0.25, -0.2) is 0 Å². The van der Waals surface area contributed by atoms with Crippen LogP contribution >= 0.6 is 0 Å². The molecule has 0 amide bonds. The quantitative estimate of drug-likeness (QED) is 0.274. The van der Waals surface area contributed by atoms with Crippen LogP contribution in [0.5, 0.6) is 11.5 Å². The van der Waals surface area contributed by atoms with Gasteiger partial charge >= 0.3 is 0 Å². The first-order valence-electron chi connectivity index (χ1n) is 10.7. The van der Waals surface area contributed by atoms with Gasteiger partial charge in [0, 0.05) is 11.5 Å². The predicted molar refractivity (Wildman–Crippen MR) is 133 cm³/mol. The molecule has 2 atom stereocenters. The van der Waals surface area contributed by atoms with Gasteiger partial charge in [-0.1, -0.05) is 66.7 Å². The Hall–Kier alpha value is -3.96. The third kappa shape index (κ3) is 4.49. The SMILES string of the molecule is COc1cc(C(c2ccccc2)c2cc(OC)c(N)c(C(O)c3ccccc3)c2)ccc1N. The van der Waals surface area contributed by atoms with Crippen molar-refractivity contribution in [2.45, 2.75) is 12.0 Å². The van der Waals surface area contributed by atoms with Gasteiger partial charge in [-0.3, -0.25) is 0 Å². The second-order valence-corrected chi connectivity index (χ2v) is 7.88. The van der Waals surface area contributed by atoms with E-state index in [0.717, 1.165) is 22.3 Å². The van der Waals surface area contributed by atoms with Gasteiger partial charge in [0.25, 0.3) is 0 Å². The Morgan fingerprint density at radius 2 is 1.21 bits per heavy atom. The van der Waals surface area contributed by atoms with Crippen LogP contribution in [0.4, 0.5) is 11.4 Å². The van der Waals surface area contributed by atoms with E-state index in [1.54, 1.807) is 14.2 Å². The molecule has 0 spiro atoms. The third-order valence-electron chi connectivity index (χ3n) is 5.88. The van der Waals surface area contributed by atoms with Crippen molar-refractivity contribution in [3.63, 3.8) is 0 Å². The van der Waals surface area contributed by atoms with Crippen LogP contribution in [0.15, 0.2) is 91.0 Å². The lowest BCUT2D eigenvalue weighted by molar-refractivity contribution is 0.220. The highest BCUT2D eigenvalue weighted by Crippen LogP contribution is 2.41. The van der Waals surface area contributed by atoms with Gasteiger partial charge in [0.2, 0.25) is 0 Å². The summed E-state index contributed by atoms with van der Waals surface area (Å²) >= 11 is 0. The topological polar surface area (TPSA) is 90.7 Å². The highest BCUT2D eigenvalue weighted by Gasteiger charge is 2.24. The number of aliphatic hydroxyl groups excluding tert-OH is 1. The molecule has 0 aliphatic heterocycles. The summed E-state index contributed by atoms with van der Waals surface area (Å²) < 4.78 is 11.1. The molecule has 0 fully saturated rings. The molecule has 168 valence electrons. The van der Waals surface area contributed by atoms with E-state index in [4.69, 9.17) is 20.9 Å². The van der Waals surface area contributed by atoms with Crippen LogP contribution in [-0.4, -0.2) is 19.3 Å². The van der Waals surface area contributed by atoms with Crippen LogP contribution in [-0.2, 0) is 0 Å². The monoisotopic (exact) mass is 440 g/mol. The second kappa shape index (κ2) is 9.67. The van der Waals surface area contributed by atoms with Crippen LogP contribution in [0.25, 0.3) is 0 Å². The molecule has 33 heavy (non-hydrogen) atoms. The van der Waals surface area contributed by atoms with E-state index >= 15 is 0 Å². The number of aliphatic hydroxyl groups is 1. The number of hydrogen-bond acceptors (Lipinski definition) is 5. The number of hydrogen-bond donors (Lipinski definition) is 3. The number of anilines is 2. The van der Waals surface area contributed by atoms with Crippen LogP contribution in [0.3, 0.4) is 0 Å². The third-order valence-corrected chi connectivity index (χ3v) is 5.88. The van der Waals surface area contributed by atoms with E-state index in [2.05, 4.69) is 12.1 Å². The number of nitrogens with two attached hydrogens (primary N) is 2. The maximum absolute atomic E-state index is 11.2. The molecule has 0 saturated heterocycles. The molecule has 2 unspecified atom stereocenters. The molecule has 0 saturated carbocycles. The van der Waals surface area contributed by atoms with Crippen molar-refractivity contribution >= 4 is 11.4 Å². The molecule has 4 aromatic carbocycles. The molecule has 0 aliphatic rings. The summed E-state index contributed by atoms with van der Waals surface area (Å²) in [7, 11) is 3.19. The molecule has 0 heterocycles.